The number of ether oxygens (including phenoxy) is 1. The molecule has 0 aliphatic rings. The molecule has 6 heteroatoms. The third-order valence-corrected chi connectivity index (χ3v) is 2.24. The van der Waals surface area contributed by atoms with E-state index in [0.717, 1.165) is 0 Å². The van der Waals surface area contributed by atoms with Crippen molar-refractivity contribution in [2.75, 3.05) is 6.61 Å². The van der Waals surface area contributed by atoms with Crippen molar-refractivity contribution in [1.82, 2.24) is 0 Å². The van der Waals surface area contributed by atoms with Crippen molar-refractivity contribution in [2.45, 2.75) is 13.8 Å². The normalized spacial score (nSPS) is 9.94. The van der Waals surface area contributed by atoms with Crippen LogP contribution in [-0.2, 0) is 0 Å². The number of carbonyl (C=O) groups is 1. The van der Waals surface area contributed by atoms with Crippen LogP contribution in [0.15, 0.2) is 12.1 Å². The minimum absolute atomic E-state index is 0.0575. The fourth-order valence-electron chi connectivity index (χ4n) is 1.34. The predicted octanol–water partition coefficient (Wildman–Crippen LogP) is 2.85. The van der Waals surface area contributed by atoms with Crippen molar-refractivity contribution in [1.29, 1.82) is 0 Å². The Labute approximate surface area is 97.1 Å². The molecule has 1 aromatic rings. The summed E-state index contributed by atoms with van der Waals surface area (Å²) >= 11 is 5.76. The molecule has 0 bridgehead atoms. The van der Waals surface area contributed by atoms with Crippen molar-refractivity contribution in [2.24, 2.45) is 0 Å². The lowest BCUT2D eigenvalue weighted by molar-refractivity contribution is -0.386. The number of nitro benzene ring substituents is 1. The van der Waals surface area contributed by atoms with E-state index in [4.69, 9.17) is 16.3 Å². The highest BCUT2D eigenvalue weighted by molar-refractivity contribution is 6.34. The first-order valence-corrected chi connectivity index (χ1v) is 4.97. The summed E-state index contributed by atoms with van der Waals surface area (Å²) in [4.78, 5) is 21.5. The number of rotatable bonds is 4. The fraction of sp³-hybridized carbons (Fsp3) is 0.300. The van der Waals surface area contributed by atoms with Gasteiger partial charge < -0.3 is 4.74 Å². The summed E-state index contributed by atoms with van der Waals surface area (Å²) in [6, 6.07) is 2.80. The third kappa shape index (κ3) is 2.30. The molecule has 0 saturated heterocycles. The molecule has 0 saturated carbocycles. The summed E-state index contributed by atoms with van der Waals surface area (Å²) in [5, 5.41) is 10.9. The monoisotopic (exact) mass is 243 g/mol. The zero-order valence-corrected chi connectivity index (χ0v) is 9.58. The van der Waals surface area contributed by atoms with Gasteiger partial charge in [-0.15, -0.1) is 0 Å². The molecule has 0 amide bonds. The van der Waals surface area contributed by atoms with E-state index in [9.17, 15) is 14.9 Å². The number of carbonyl (C=O) groups excluding carboxylic acids is 1. The molecular weight excluding hydrogens is 234 g/mol. The number of hydrogen-bond acceptors (Lipinski definition) is 4. The van der Waals surface area contributed by atoms with Crippen LogP contribution in [0.2, 0.25) is 5.02 Å². The number of benzene rings is 1. The van der Waals surface area contributed by atoms with Gasteiger partial charge in [0.05, 0.1) is 16.6 Å². The van der Waals surface area contributed by atoms with E-state index in [1.807, 2.05) is 0 Å². The SMILES string of the molecule is CCOc1ccc(Cl)c(C(C)=O)c1[N+](=O)[O-]. The van der Waals surface area contributed by atoms with Crippen molar-refractivity contribution in [3.05, 3.63) is 32.8 Å². The molecule has 0 N–H and O–H groups in total. The van der Waals surface area contributed by atoms with Crippen molar-refractivity contribution in [3.63, 3.8) is 0 Å². The average molecular weight is 244 g/mol. The Bertz CT molecular complexity index is 445. The van der Waals surface area contributed by atoms with Crippen LogP contribution in [0, 0.1) is 10.1 Å². The van der Waals surface area contributed by atoms with Crippen LogP contribution in [0.4, 0.5) is 5.69 Å². The highest BCUT2D eigenvalue weighted by atomic mass is 35.5. The maximum absolute atomic E-state index is 11.3. The van der Waals surface area contributed by atoms with Gasteiger partial charge in [0, 0.05) is 0 Å². The molecule has 1 rings (SSSR count). The largest absolute Gasteiger partial charge is 0.487 e. The summed E-state index contributed by atoms with van der Waals surface area (Å²) in [6.07, 6.45) is 0. The van der Waals surface area contributed by atoms with Crippen LogP contribution in [-0.4, -0.2) is 17.3 Å². The van der Waals surface area contributed by atoms with Crippen molar-refractivity contribution in [3.8, 4) is 5.75 Å². The number of halogens is 1. The van der Waals surface area contributed by atoms with Gasteiger partial charge in [0.25, 0.3) is 0 Å². The van der Waals surface area contributed by atoms with Gasteiger partial charge in [0.2, 0.25) is 0 Å². The van der Waals surface area contributed by atoms with Gasteiger partial charge in [-0.05, 0) is 26.0 Å². The zero-order valence-electron chi connectivity index (χ0n) is 8.82. The van der Waals surface area contributed by atoms with Crippen LogP contribution in [0.25, 0.3) is 0 Å². The molecule has 0 aliphatic heterocycles. The molecule has 0 spiro atoms. The quantitative estimate of drug-likeness (QED) is 0.463. The molecule has 0 heterocycles. The summed E-state index contributed by atoms with van der Waals surface area (Å²) in [6.45, 7) is 3.20. The van der Waals surface area contributed by atoms with Gasteiger partial charge in [-0.25, -0.2) is 0 Å². The van der Waals surface area contributed by atoms with Crippen LogP contribution >= 0.6 is 11.6 Å². The second kappa shape index (κ2) is 4.94. The van der Waals surface area contributed by atoms with E-state index in [2.05, 4.69) is 0 Å². The maximum atomic E-state index is 11.3. The number of nitrogens with zero attached hydrogens (tertiary/aromatic N) is 1. The second-order valence-electron chi connectivity index (χ2n) is 3.02. The molecule has 1 aromatic carbocycles. The maximum Gasteiger partial charge on any atom is 0.323 e. The minimum Gasteiger partial charge on any atom is -0.487 e. The van der Waals surface area contributed by atoms with E-state index >= 15 is 0 Å². The molecule has 0 radical (unpaired) electrons. The van der Waals surface area contributed by atoms with Gasteiger partial charge in [0.15, 0.2) is 11.5 Å². The van der Waals surface area contributed by atoms with Gasteiger partial charge in [-0.2, -0.15) is 0 Å². The summed E-state index contributed by atoms with van der Waals surface area (Å²) in [5.41, 5.74) is -0.487. The fourth-order valence-corrected chi connectivity index (χ4v) is 1.62. The molecular formula is C10H10ClNO4. The Balaban J connectivity index is 3.49. The van der Waals surface area contributed by atoms with Gasteiger partial charge in [-0.1, -0.05) is 11.6 Å². The van der Waals surface area contributed by atoms with E-state index in [-0.39, 0.29) is 28.6 Å². The van der Waals surface area contributed by atoms with Crippen LogP contribution in [0.5, 0.6) is 5.75 Å². The van der Waals surface area contributed by atoms with Crippen LogP contribution in [0.1, 0.15) is 24.2 Å². The molecule has 0 fully saturated rings. The Kier molecular flexibility index (Phi) is 3.84. The first-order valence-electron chi connectivity index (χ1n) is 4.59. The predicted molar refractivity (Wildman–Crippen MR) is 59.3 cm³/mol. The molecule has 0 aliphatic carbocycles. The van der Waals surface area contributed by atoms with Crippen LogP contribution < -0.4 is 4.74 Å². The molecule has 0 atom stereocenters. The zero-order chi connectivity index (χ0) is 12.3. The molecule has 5 nitrogen and oxygen atoms in total. The standard InChI is InChI=1S/C10H10ClNO4/c1-3-16-8-5-4-7(11)9(6(2)13)10(8)12(14)15/h4-5H,3H2,1-2H3. The topological polar surface area (TPSA) is 69.4 Å². The summed E-state index contributed by atoms with van der Waals surface area (Å²) in [7, 11) is 0. The Morgan fingerprint density at radius 2 is 2.19 bits per heavy atom. The van der Waals surface area contributed by atoms with Crippen LogP contribution in [0.3, 0.4) is 0 Å². The van der Waals surface area contributed by atoms with E-state index in [1.54, 1.807) is 6.92 Å². The lowest BCUT2D eigenvalue weighted by Gasteiger charge is -2.07. The molecule has 0 aromatic heterocycles. The van der Waals surface area contributed by atoms with Gasteiger partial charge in [0.1, 0.15) is 5.56 Å². The Morgan fingerprint density at radius 3 is 2.62 bits per heavy atom. The molecule has 0 unspecified atom stereocenters. The number of hydrogen-bond donors (Lipinski definition) is 0. The van der Waals surface area contributed by atoms with E-state index in [1.165, 1.54) is 19.1 Å². The minimum atomic E-state index is -0.659. The Morgan fingerprint density at radius 1 is 1.56 bits per heavy atom. The number of nitro groups is 1. The molecule has 86 valence electrons. The highest BCUT2D eigenvalue weighted by Gasteiger charge is 2.26. The summed E-state index contributed by atoms with van der Waals surface area (Å²) in [5.74, 6) is -0.402. The van der Waals surface area contributed by atoms with E-state index < -0.39 is 10.7 Å². The third-order valence-electron chi connectivity index (χ3n) is 1.92. The first kappa shape index (κ1) is 12.4. The lowest BCUT2D eigenvalue weighted by atomic mass is 10.1. The highest BCUT2D eigenvalue weighted by Crippen LogP contribution is 2.35. The van der Waals surface area contributed by atoms with Crippen molar-refractivity contribution < 1.29 is 14.5 Å². The van der Waals surface area contributed by atoms with E-state index in [0.29, 0.717) is 0 Å². The Hall–Kier alpha value is -1.62. The van der Waals surface area contributed by atoms with Gasteiger partial charge >= 0.3 is 5.69 Å². The molecule has 16 heavy (non-hydrogen) atoms. The summed E-state index contributed by atoms with van der Waals surface area (Å²) < 4.78 is 5.09. The number of Topliss-reactive ketones (excluding diaryl/α,β-unsaturated/α-hetero) is 1. The first-order chi connectivity index (χ1) is 7.49. The smallest absolute Gasteiger partial charge is 0.323 e. The lowest BCUT2D eigenvalue weighted by Crippen LogP contribution is -2.05. The number of ketones is 1. The average Bonchev–Trinajstić information content (AvgIpc) is 2.19. The second-order valence-corrected chi connectivity index (χ2v) is 3.42. The van der Waals surface area contributed by atoms with Crippen molar-refractivity contribution >= 4 is 23.1 Å². The van der Waals surface area contributed by atoms with Gasteiger partial charge in [-0.3, -0.25) is 14.9 Å².